The van der Waals surface area contributed by atoms with Gasteiger partial charge >= 0.3 is 5.97 Å². The number of hydrogen-bond donors (Lipinski definition) is 2. The summed E-state index contributed by atoms with van der Waals surface area (Å²) in [5.74, 6) is -1.15. The minimum Gasteiger partial charge on any atom is -0.478 e. The molecule has 0 atom stereocenters. The minimum atomic E-state index is -1.02. The summed E-state index contributed by atoms with van der Waals surface area (Å²) < 4.78 is 13.3. The van der Waals surface area contributed by atoms with Gasteiger partial charge in [0.25, 0.3) is 0 Å². The van der Waals surface area contributed by atoms with Crippen molar-refractivity contribution in [2.75, 3.05) is 5.73 Å². The molecular weight excluding hydrogens is 267 g/mol. The van der Waals surface area contributed by atoms with Crippen molar-refractivity contribution >= 4 is 23.4 Å². The molecule has 0 saturated carbocycles. The zero-order chi connectivity index (χ0) is 13.8. The van der Waals surface area contributed by atoms with Crippen molar-refractivity contribution in [1.29, 1.82) is 0 Å². The number of pyridine rings is 1. The Morgan fingerprint density at radius 1 is 1.42 bits per heavy atom. The van der Waals surface area contributed by atoms with E-state index in [0.717, 1.165) is 0 Å². The van der Waals surface area contributed by atoms with Crippen molar-refractivity contribution < 1.29 is 14.3 Å². The molecule has 19 heavy (non-hydrogen) atoms. The number of thioether (sulfide) groups is 1. The van der Waals surface area contributed by atoms with Crippen LogP contribution in [-0.4, -0.2) is 16.1 Å². The van der Waals surface area contributed by atoms with Gasteiger partial charge in [0, 0.05) is 16.8 Å². The van der Waals surface area contributed by atoms with Gasteiger partial charge in [-0.1, -0.05) is 0 Å². The van der Waals surface area contributed by atoms with E-state index in [1.54, 1.807) is 12.1 Å². The van der Waals surface area contributed by atoms with E-state index in [1.165, 1.54) is 36.2 Å². The lowest BCUT2D eigenvalue weighted by molar-refractivity contribution is 0.0695. The highest BCUT2D eigenvalue weighted by Gasteiger charge is 2.11. The number of carboxylic acid groups (broad SMARTS) is 1. The predicted molar refractivity (Wildman–Crippen MR) is 71.6 cm³/mol. The van der Waals surface area contributed by atoms with Crippen LogP contribution in [0.3, 0.4) is 0 Å². The van der Waals surface area contributed by atoms with E-state index in [9.17, 15) is 9.18 Å². The minimum absolute atomic E-state index is 0.0911. The molecule has 1 aromatic carbocycles. The molecule has 0 bridgehead atoms. The molecule has 0 unspecified atom stereocenters. The van der Waals surface area contributed by atoms with Crippen LogP contribution in [0, 0.1) is 5.82 Å². The van der Waals surface area contributed by atoms with Crippen LogP contribution in [0.4, 0.5) is 10.1 Å². The van der Waals surface area contributed by atoms with Gasteiger partial charge in [0.05, 0.1) is 16.9 Å². The summed E-state index contributed by atoms with van der Waals surface area (Å²) in [5.41, 5.74) is 6.09. The van der Waals surface area contributed by atoms with E-state index < -0.39 is 11.8 Å². The summed E-state index contributed by atoms with van der Waals surface area (Å²) in [6.07, 6.45) is 1.53. The molecule has 1 heterocycles. The molecule has 0 saturated heterocycles. The molecule has 0 aliphatic carbocycles. The molecule has 0 spiro atoms. The number of benzene rings is 1. The topological polar surface area (TPSA) is 76.2 Å². The molecule has 0 radical (unpaired) electrons. The highest BCUT2D eigenvalue weighted by Crippen LogP contribution is 2.25. The molecule has 1 aromatic heterocycles. The number of aromatic nitrogens is 1. The molecule has 0 fully saturated rings. The van der Waals surface area contributed by atoms with Crippen LogP contribution in [0.5, 0.6) is 0 Å². The second-order valence-electron chi connectivity index (χ2n) is 3.77. The Bertz CT molecular complexity index is 619. The third kappa shape index (κ3) is 3.23. The van der Waals surface area contributed by atoms with Gasteiger partial charge < -0.3 is 10.8 Å². The van der Waals surface area contributed by atoms with E-state index in [2.05, 4.69) is 4.98 Å². The second-order valence-corrected chi connectivity index (χ2v) is 4.82. The van der Waals surface area contributed by atoms with Crippen LogP contribution in [-0.2, 0) is 5.75 Å². The fourth-order valence-electron chi connectivity index (χ4n) is 1.50. The third-order valence-corrected chi connectivity index (χ3v) is 3.47. The maximum absolute atomic E-state index is 13.3. The standard InChI is InChI=1S/C13H11FN2O2S/c14-10-6-8(3-4-11(10)15)19-7-12-9(13(17)18)2-1-5-16-12/h1-6H,7,15H2,(H,17,18). The average molecular weight is 278 g/mol. The number of anilines is 1. The van der Waals surface area contributed by atoms with Crippen LogP contribution >= 0.6 is 11.8 Å². The maximum atomic E-state index is 13.3. The lowest BCUT2D eigenvalue weighted by Gasteiger charge is -2.05. The summed E-state index contributed by atoms with van der Waals surface area (Å²) in [5, 5.41) is 9.02. The largest absolute Gasteiger partial charge is 0.478 e. The fourth-order valence-corrected chi connectivity index (χ4v) is 2.38. The monoisotopic (exact) mass is 278 g/mol. The Morgan fingerprint density at radius 3 is 2.89 bits per heavy atom. The number of carbonyl (C=O) groups is 1. The molecular formula is C13H11FN2O2S. The smallest absolute Gasteiger partial charge is 0.337 e. The van der Waals surface area contributed by atoms with E-state index in [1.807, 2.05) is 0 Å². The summed E-state index contributed by atoms with van der Waals surface area (Å²) in [7, 11) is 0. The average Bonchev–Trinajstić information content (AvgIpc) is 2.40. The predicted octanol–water partition coefficient (Wildman–Crippen LogP) is 2.79. The molecule has 0 aliphatic heterocycles. The molecule has 2 aromatic rings. The number of nitrogens with two attached hydrogens (primary N) is 1. The third-order valence-electron chi connectivity index (χ3n) is 2.47. The number of aromatic carboxylic acids is 1. The summed E-state index contributed by atoms with van der Waals surface area (Å²) in [6.45, 7) is 0. The van der Waals surface area contributed by atoms with Crippen molar-refractivity contribution in [3.05, 3.63) is 53.6 Å². The molecule has 0 aliphatic rings. The van der Waals surface area contributed by atoms with Gasteiger partial charge in [0.2, 0.25) is 0 Å². The Balaban J connectivity index is 2.14. The van der Waals surface area contributed by atoms with Crippen molar-refractivity contribution in [3.8, 4) is 0 Å². The van der Waals surface area contributed by atoms with Crippen molar-refractivity contribution in [2.24, 2.45) is 0 Å². The molecule has 4 nitrogen and oxygen atoms in total. The molecule has 2 rings (SSSR count). The number of hydrogen-bond acceptors (Lipinski definition) is 4. The number of halogens is 1. The first-order valence-electron chi connectivity index (χ1n) is 5.43. The Labute approximate surface area is 113 Å². The summed E-state index contributed by atoms with van der Waals surface area (Å²) in [4.78, 5) is 15.7. The first-order valence-corrected chi connectivity index (χ1v) is 6.41. The highest BCUT2D eigenvalue weighted by molar-refractivity contribution is 7.98. The Kier molecular flexibility index (Phi) is 4.01. The van der Waals surface area contributed by atoms with Gasteiger partial charge in [0.1, 0.15) is 5.82 Å². The van der Waals surface area contributed by atoms with Gasteiger partial charge in [0.15, 0.2) is 0 Å². The lowest BCUT2D eigenvalue weighted by atomic mass is 10.2. The maximum Gasteiger partial charge on any atom is 0.337 e. The number of nitrogen functional groups attached to an aromatic ring is 1. The van der Waals surface area contributed by atoms with E-state index in [-0.39, 0.29) is 11.3 Å². The van der Waals surface area contributed by atoms with Crippen LogP contribution in [0.1, 0.15) is 16.1 Å². The van der Waals surface area contributed by atoms with Crippen LogP contribution in [0.2, 0.25) is 0 Å². The first kappa shape index (κ1) is 13.4. The van der Waals surface area contributed by atoms with Gasteiger partial charge in [-0.2, -0.15) is 0 Å². The number of nitrogens with zero attached hydrogens (tertiary/aromatic N) is 1. The number of carboxylic acids is 1. The highest BCUT2D eigenvalue weighted by atomic mass is 32.2. The first-order chi connectivity index (χ1) is 9.08. The SMILES string of the molecule is Nc1ccc(SCc2ncccc2C(=O)O)cc1F. The number of rotatable bonds is 4. The van der Waals surface area contributed by atoms with E-state index >= 15 is 0 Å². The zero-order valence-electron chi connectivity index (χ0n) is 9.84. The second kappa shape index (κ2) is 5.71. The van der Waals surface area contributed by atoms with E-state index in [4.69, 9.17) is 10.8 Å². The summed E-state index contributed by atoms with van der Waals surface area (Å²) in [6, 6.07) is 7.55. The Morgan fingerprint density at radius 2 is 2.21 bits per heavy atom. The molecule has 3 N–H and O–H groups in total. The van der Waals surface area contributed by atoms with Gasteiger partial charge in [-0.05, 0) is 30.3 Å². The van der Waals surface area contributed by atoms with Gasteiger partial charge in [-0.3, -0.25) is 4.98 Å². The van der Waals surface area contributed by atoms with Crippen molar-refractivity contribution in [2.45, 2.75) is 10.6 Å². The molecule has 6 heteroatoms. The van der Waals surface area contributed by atoms with Crippen molar-refractivity contribution in [3.63, 3.8) is 0 Å². The van der Waals surface area contributed by atoms with Crippen LogP contribution in [0.25, 0.3) is 0 Å². The van der Waals surface area contributed by atoms with Crippen LogP contribution in [0.15, 0.2) is 41.4 Å². The van der Waals surface area contributed by atoms with Gasteiger partial charge in [-0.15, -0.1) is 11.8 Å². The summed E-state index contributed by atoms with van der Waals surface area (Å²) >= 11 is 1.31. The molecule has 98 valence electrons. The van der Waals surface area contributed by atoms with E-state index in [0.29, 0.717) is 16.3 Å². The Hall–Kier alpha value is -2.08. The van der Waals surface area contributed by atoms with Crippen molar-refractivity contribution in [1.82, 2.24) is 4.98 Å². The lowest BCUT2D eigenvalue weighted by Crippen LogP contribution is -2.03. The molecule has 0 amide bonds. The quantitative estimate of drug-likeness (QED) is 0.664. The van der Waals surface area contributed by atoms with Crippen LogP contribution < -0.4 is 5.73 Å². The van der Waals surface area contributed by atoms with Gasteiger partial charge in [-0.25, -0.2) is 9.18 Å². The fraction of sp³-hybridized carbons (Fsp3) is 0.0769. The zero-order valence-corrected chi connectivity index (χ0v) is 10.7. The normalized spacial score (nSPS) is 10.4.